The molecule has 1 heterocycles. The SMILES string of the molecule is CC(C)(COc1ncccc1C(F)(F)F)C(N)=O. The number of alkyl halides is 3. The van der Waals surface area contributed by atoms with Gasteiger partial charge in [0, 0.05) is 6.20 Å². The number of ether oxygens (including phenoxy) is 1. The van der Waals surface area contributed by atoms with Crippen LogP contribution in [0.15, 0.2) is 18.3 Å². The Hall–Kier alpha value is -1.79. The van der Waals surface area contributed by atoms with Crippen LogP contribution in [0, 0.1) is 5.41 Å². The maximum Gasteiger partial charge on any atom is 0.421 e. The van der Waals surface area contributed by atoms with Gasteiger partial charge in [-0.3, -0.25) is 4.79 Å². The molecular formula is C11H13F3N2O2. The molecule has 0 saturated heterocycles. The summed E-state index contributed by atoms with van der Waals surface area (Å²) in [6.45, 7) is 2.68. The zero-order valence-corrected chi connectivity index (χ0v) is 9.91. The molecule has 18 heavy (non-hydrogen) atoms. The molecule has 0 aromatic carbocycles. The second kappa shape index (κ2) is 4.83. The Labute approximate surface area is 102 Å². The van der Waals surface area contributed by atoms with Crippen LogP contribution in [0.4, 0.5) is 13.2 Å². The lowest BCUT2D eigenvalue weighted by Crippen LogP contribution is -2.37. The van der Waals surface area contributed by atoms with Crippen molar-refractivity contribution in [2.45, 2.75) is 20.0 Å². The monoisotopic (exact) mass is 262 g/mol. The molecule has 0 spiro atoms. The van der Waals surface area contributed by atoms with Crippen LogP contribution in [0.2, 0.25) is 0 Å². The minimum atomic E-state index is -4.56. The van der Waals surface area contributed by atoms with Crippen LogP contribution in [0.25, 0.3) is 0 Å². The highest BCUT2D eigenvalue weighted by Gasteiger charge is 2.36. The quantitative estimate of drug-likeness (QED) is 0.902. The number of amides is 1. The van der Waals surface area contributed by atoms with E-state index < -0.39 is 28.9 Å². The number of primary amides is 1. The first-order chi connectivity index (χ1) is 8.14. The van der Waals surface area contributed by atoms with E-state index in [0.29, 0.717) is 0 Å². The van der Waals surface area contributed by atoms with Crippen molar-refractivity contribution in [1.82, 2.24) is 4.98 Å². The molecule has 0 fully saturated rings. The molecule has 1 aromatic heterocycles. The number of carbonyl (C=O) groups excluding carboxylic acids is 1. The average molecular weight is 262 g/mol. The first-order valence-electron chi connectivity index (χ1n) is 5.09. The van der Waals surface area contributed by atoms with E-state index in [-0.39, 0.29) is 6.61 Å². The van der Waals surface area contributed by atoms with Gasteiger partial charge >= 0.3 is 6.18 Å². The van der Waals surface area contributed by atoms with Crippen LogP contribution in [-0.2, 0) is 11.0 Å². The summed E-state index contributed by atoms with van der Waals surface area (Å²) in [6, 6.07) is 2.02. The summed E-state index contributed by atoms with van der Waals surface area (Å²) < 4.78 is 42.8. The van der Waals surface area contributed by atoms with Crippen molar-refractivity contribution >= 4 is 5.91 Å². The summed E-state index contributed by atoms with van der Waals surface area (Å²) in [6.07, 6.45) is -3.37. The van der Waals surface area contributed by atoms with Crippen molar-refractivity contribution in [3.8, 4) is 5.88 Å². The van der Waals surface area contributed by atoms with Gasteiger partial charge < -0.3 is 10.5 Å². The molecule has 0 bridgehead atoms. The van der Waals surface area contributed by atoms with E-state index in [0.717, 1.165) is 12.1 Å². The molecule has 100 valence electrons. The zero-order chi connectivity index (χ0) is 14.0. The molecule has 1 rings (SSSR count). The third kappa shape index (κ3) is 3.35. The summed E-state index contributed by atoms with van der Waals surface area (Å²) >= 11 is 0. The number of rotatable bonds is 4. The molecule has 4 nitrogen and oxygen atoms in total. The molecule has 2 N–H and O–H groups in total. The van der Waals surface area contributed by atoms with Crippen molar-refractivity contribution in [3.63, 3.8) is 0 Å². The maximum atomic E-state index is 12.6. The highest BCUT2D eigenvalue weighted by atomic mass is 19.4. The standard InChI is InChI=1S/C11H13F3N2O2/c1-10(2,9(15)17)6-18-8-7(11(12,13)14)4-3-5-16-8/h3-5H,6H2,1-2H3,(H2,15,17). The van der Waals surface area contributed by atoms with Gasteiger partial charge in [0.05, 0.1) is 5.41 Å². The van der Waals surface area contributed by atoms with E-state index in [1.54, 1.807) is 0 Å². The molecule has 0 aliphatic rings. The van der Waals surface area contributed by atoms with Gasteiger partial charge in [-0.1, -0.05) is 0 Å². The second-order valence-electron chi connectivity index (χ2n) is 4.39. The Morgan fingerprint density at radius 1 is 1.44 bits per heavy atom. The number of hydrogen-bond acceptors (Lipinski definition) is 3. The van der Waals surface area contributed by atoms with Gasteiger partial charge in [-0.05, 0) is 26.0 Å². The fourth-order valence-corrected chi connectivity index (χ4v) is 1.04. The van der Waals surface area contributed by atoms with Crippen molar-refractivity contribution in [1.29, 1.82) is 0 Å². The molecule has 0 aliphatic heterocycles. The fraction of sp³-hybridized carbons (Fsp3) is 0.455. The van der Waals surface area contributed by atoms with Crippen molar-refractivity contribution < 1.29 is 22.7 Å². The highest BCUT2D eigenvalue weighted by Crippen LogP contribution is 2.35. The van der Waals surface area contributed by atoms with Crippen molar-refractivity contribution in [2.75, 3.05) is 6.61 Å². The summed E-state index contributed by atoms with van der Waals surface area (Å²) in [5, 5.41) is 0. The molecule has 1 amide bonds. The minimum Gasteiger partial charge on any atom is -0.476 e. The van der Waals surface area contributed by atoms with Gasteiger partial charge in [0.15, 0.2) is 0 Å². The van der Waals surface area contributed by atoms with Gasteiger partial charge in [-0.15, -0.1) is 0 Å². The topological polar surface area (TPSA) is 65.2 Å². The van der Waals surface area contributed by atoms with Crippen molar-refractivity contribution in [3.05, 3.63) is 23.9 Å². The van der Waals surface area contributed by atoms with Gasteiger partial charge in [-0.2, -0.15) is 13.2 Å². The Morgan fingerprint density at radius 3 is 2.56 bits per heavy atom. The number of pyridine rings is 1. The summed E-state index contributed by atoms with van der Waals surface area (Å²) in [7, 11) is 0. The zero-order valence-electron chi connectivity index (χ0n) is 9.91. The molecule has 0 saturated carbocycles. The van der Waals surface area contributed by atoms with E-state index in [1.165, 1.54) is 20.0 Å². The lowest BCUT2D eigenvalue weighted by atomic mass is 9.94. The van der Waals surface area contributed by atoms with Gasteiger partial charge in [0.1, 0.15) is 12.2 Å². The lowest BCUT2D eigenvalue weighted by Gasteiger charge is -2.21. The Kier molecular flexibility index (Phi) is 3.83. The average Bonchev–Trinajstić information content (AvgIpc) is 2.25. The Bertz CT molecular complexity index is 444. The lowest BCUT2D eigenvalue weighted by molar-refractivity contribution is -0.139. The van der Waals surface area contributed by atoms with E-state index in [2.05, 4.69) is 4.98 Å². The van der Waals surface area contributed by atoms with Crippen LogP contribution >= 0.6 is 0 Å². The van der Waals surface area contributed by atoms with Gasteiger partial charge in [0.2, 0.25) is 11.8 Å². The van der Waals surface area contributed by atoms with E-state index >= 15 is 0 Å². The smallest absolute Gasteiger partial charge is 0.421 e. The normalized spacial score (nSPS) is 12.3. The Balaban J connectivity index is 2.90. The maximum absolute atomic E-state index is 12.6. The summed E-state index contributed by atoms with van der Waals surface area (Å²) in [5.41, 5.74) is 3.05. The highest BCUT2D eigenvalue weighted by molar-refractivity contribution is 5.80. The molecule has 0 atom stereocenters. The summed E-state index contributed by atoms with van der Waals surface area (Å²) in [5.74, 6) is -1.22. The number of aromatic nitrogens is 1. The van der Waals surface area contributed by atoms with Gasteiger partial charge in [0.25, 0.3) is 0 Å². The molecule has 7 heteroatoms. The number of hydrogen-bond donors (Lipinski definition) is 1. The predicted molar refractivity (Wildman–Crippen MR) is 57.7 cm³/mol. The van der Waals surface area contributed by atoms with E-state index in [9.17, 15) is 18.0 Å². The van der Waals surface area contributed by atoms with Crippen molar-refractivity contribution in [2.24, 2.45) is 11.1 Å². The molecule has 0 radical (unpaired) electrons. The third-order valence-corrected chi connectivity index (χ3v) is 2.31. The van der Waals surface area contributed by atoms with Gasteiger partial charge in [-0.25, -0.2) is 4.98 Å². The summed E-state index contributed by atoms with van der Waals surface area (Å²) in [4.78, 5) is 14.5. The molecule has 0 aliphatic carbocycles. The molecule has 1 aromatic rings. The van der Waals surface area contributed by atoms with Crippen LogP contribution in [-0.4, -0.2) is 17.5 Å². The second-order valence-corrected chi connectivity index (χ2v) is 4.39. The first kappa shape index (κ1) is 14.3. The van der Waals surface area contributed by atoms with Crippen LogP contribution in [0.1, 0.15) is 19.4 Å². The third-order valence-electron chi connectivity index (χ3n) is 2.31. The molecular weight excluding hydrogens is 249 g/mol. The fourth-order valence-electron chi connectivity index (χ4n) is 1.04. The van der Waals surface area contributed by atoms with E-state index in [4.69, 9.17) is 10.5 Å². The van der Waals surface area contributed by atoms with E-state index in [1.807, 2.05) is 0 Å². The molecule has 0 unspecified atom stereocenters. The van der Waals surface area contributed by atoms with Crippen LogP contribution < -0.4 is 10.5 Å². The first-order valence-corrected chi connectivity index (χ1v) is 5.09. The predicted octanol–water partition coefficient (Wildman–Crippen LogP) is 1.99. The number of nitrogens with zero attached hydrogens (tertiary/aromatic N) is 1. The van der Waals surface area contributed by atoms with Crippen LogP contribution in [0.3, 0.4) is 0 Å². The Morgan fingerprint density at radius 2 is 2.06 bits per heavy atom. The number of nitrogens with two attached hydrogens (primary N) is 1. The van der Waals surface area contributed by atoms with Crippen LogP contribution in [0.5, 0.6) is 5.88 Å². The number of halogens is 3. The number of carbonyl (C=O) groups is 1. The largest absolute Gasteiger partial charge is 0.476 e. The minimum absolute atomic E-state index is 0.275.